The van der Waals surface area contributed by atoms with Crippen LogP contribution in [0.5, 0.6) is 11.6 Å². The Bertz CT molecular complexity index is 2440. The molecule has 2 aromatic carbocycles. The highest BCUT2D eigenvalue weighted by molar-refractivity contribution is 7.13. The quantitative estimate of drug-likeness (QED) is 0.119. The summed E-state index contributed by atoms with van der Waals surface area (Å²) < 4.78 is 12.1. The lowest BCUT2D eigenvalue weighted by atomic mass is 9.91. The van der Waals surface area contributed by atoms with Crippen LogP contribution in [0.1, 0.15) is 69.5 Å². The number of nitrogens with one attached hydrogen (secondary N) is 2. The van der Waals surface area contributed by atoms with Crippen LogP contribution in [0.15, 0.2) is 70.7 Å². The molecule has 4 aliphatic heterocycles. The van der Waals surface area contributed by atoms with E-state index in [0.717, 1.165) is 78.9 Å². The van der Waals surface area contributed by atoms with Gasteiger partial charge in [0.2, 0.25) is 11.8 Å². The number of rotatable bonds is 13. The summed E-state index contributed by atoms with van der Waals surface area (Å²) in [7, 11) is 0. The number of aryl methyl sites for hydroxylation is 1. The maximum absolute atomic E-state index is 14.3. The number of piperazine rings is 1. The van der Waals surface area contributed by atoms with Crippen molar-refractivity contribution in [2.45, 2.75) is 89.8 Å². The number of likely N-dealkylation sites (tertiary alicyclic amines) is 2. The van der Waals surface area contributed by atoms with Gasteiger partial charge in [0, 0.05) is 69.9 Å². The lowest BCUT2D eigenvalue weighted by Crippen LogP contribution is -2.60. The number of aromatic hydroxyl groups is 1. The number of aliphatic hydroxyl groups excluding tert-OH is 1. The first-order chi connectivity index (χ1) is 30.9. The summed E-state index contributed by atoms with van der Waals surface area (Å²) >= 11 is 1.59. The molecule has 16 nitrogen and oxygen atoms in total. The molecule has 7 heterocycles. The fraction of sp³-hybridized carbons (Fsp3) is 0.489. The summed E-state index contributed by atoms with van der Waals surface area (Å²) in [5.41, 5.74) is 7.17. The Kier molecular flexibility index (Phi) is 12.6. The Hall–Kier alpha value is -5.62. The van der Waals surface area contributed by atoms with E-state index in [1.165, 1.54) is 4.90 Å². The van der Waals surface area contributed by atoms with E-state index in [1.807, 2.05) is 82.6 Å². The second-order valence-corrected chi connectivity index (χ2v) is 19.0. The highest BCUT2D eigenvalue weighted by Gasteiger charge is 2.44. The van der Waals surface area contributed by atoms with Crippen molar-refractivity contribution in [3.05, 3.63) is 83.2 Å². The second-order valence-electron chi connectivity index (χ2n) is 18.1. The molecule has 64 heavy (non-hydrogen) atoms. The average Bonchev–Trinajstić information content (AvgIpc) is 4.12. The summed E-state index contributed by atoms with van der Waals surface area (Å²) in [6, 6.07) is 18.6. The molecule has 4 aliphatic rings. The van der Waals surface area contributed by atoms with Crippen molar-refractivity contribution in [2.24, 2.45) is 5.92 Å². The third kappa shape index (κ3) is 9.03. The highest BCUT2D eigenvalue weighted by Crippen LogP contribution is 2.37. The van der Waals surface area contributed by atoms with Crippen LogP contribution in [0.3, 0.4) is 0 Å². The lowest BCUT2D eigenvalue weighted by Gasteiger charge is -2.47. The number of phenols is 1. The minimum atomic E-state index is -0.826. The van der Waals surface area contributed by atoms with Gasteiger partial charge in [0.05, 0.1) is 45.7 Å². The van der Waals surface area contributed by atoms with Crippen LogP contribution in [0.4, 0.5) is 11.5 Å². The molecule has 5 aromatic rings. The molecule has 0 spiro atoms. The highest BCUT2D eigenvalue weighted by atomic mass is 32.1. The van der Waals surface area contributed by atoms with Gasteiger partial charge in [0.15, 0.2) is 11.6 Å². The molecule has 0 radical (unpaired) electrons. The number of fused-ring (bicyclic) bond motifs is 3. The van der Waals surface area contributed by atoms with Crippen LogP contribution in [-0.4, -0.2) is 140 Å². The predicted molar refractivity (Wildman–Crippen MR) is 244 cm³/mol. The van der Waals surface area contributed by atoms with E-state index in [0.29, 0.717) is 35.5 Å². The zero-order chi connectivity index (χ0) is 44.6. The van der Waals surface area contributed by atoms with Crippen molar-refractivity contribution in [1.82, 2.24) is 40.4 Å². The fourth-order valence-corrected chi connectivity index (χ4v) is 10.7. The molecule has 0 bridgehead atoms. The number of thiazole rings is 1. The molecule has 7 atom stereocenters. The topological polar surface area (TPSA) is 186 Å². The zero-order valence-corrected chi connectivity index (χ0v) is 37.9. The first-order valence-corrected chi connectivity index (χ1v) is 23.3. The molecule has 338 valence electrons. The molecule has 4 N–H and O–H groups in total. The van der Waals surface area contributed by atoms with Gasteiger partial charge in [-0.3, -0.25) is 19.4 Å². The number of hydrogen-bond acceptors (Lipinski definition) is 15. The number of hydrogen-bond donors (Lipinski definition) is 4. The van der Waals surface area contributed by atoms with E-state index in [2.05, 4.69) is 45.7 Å². The van der Waals surface area contributed by atoms with Crippen molar-refractivity contribution < 1.29 is 29.1 Å². The molecular weight excluding hydrogens is 833 g/mol. The minimum Gasteiger partial charge on any atom is -0.507 e. The van der Waals surface area contributed by atoms with Gasteiger partial charge in [-0.05, 0) is 74.1 Å². The van der Waals surface area contributed by atoms with Gasteiger partial charge >= 0.3 is 0 Å². The van der Waals surface area contributed by atoms with E-state index >= 15 is 0 Å². The number of aliphatic hydroxyl groups is 1. The number of β-amino-alcohol motifs (C(OH)–C–C–N with tert-alkyl or cyclic N) is 1. The molecule has 0 unspecified atom stereocenters. The van der Waals surface area contributed by atoms with E-state index in [9.17, 15) is 19.8 Å². The van der Waals surface area contributed by atoms with Crippen molar-refractivity contribution in [3.63, 3.8) is 0 Å². The Morgan fingerprint density at radius 1 is 1.00 bits per heavy atom. The number of aromatic nitrogens is 4. The first-order valence-electron chi connectivity index (χ1n) is 22.5. The Morgan fingerprint density at radius 2 is 1.81 bits per heavy atom. The van der Waals surface area contributed by atoms with Gasteiger partial charge < -0.3 is 39.9 Å². The molecule has 3 aromatic heterocycles. The van der Waals surface area contributed by atoms with Gasteiger partial charge in [0.25, 0.3) is 5.88 Å². The molecule has 3 saturated heterocycles. The third-order valence-electron chi connectivity index (χ3n) is 13.3. The maximum Gasteiger partial charge on any atom is 0.254 e. The smallest absolute Gasteiger partial charge is 0.254 e. The summed E-state index contributed by atoms with van der Waals surface area (Å²) in [5.74, 6) is 0.156. The van der Waals surface area contributed by atoms with Crippen molar-refractivity contribution in [2.75, 3.05) is 62.6 Å². The Labute approximate surface area is 377 Å². The second kappa shape index (κ2) is 18.5. The van der Waals surface area contributed by atoms with Gasteiger partial charge in [-0.1, -0.05) is 50.2 Å². The molecule has 2 amide bonds. The maximum atomic E-state index is 14.3. The van der Waals surface area contributed by atoms with Crippen molar-refractivity contribution in [1.29, 1.82) is 0 Å². The van der Waals surface area contributed by atoms with Crippen molar-refractivity contribution in [3.8, 4) is 33.3 Å². The number of benzene rings is 2. The van der Waals surface area contributed by atoms with Crippen LogP contribution < -0.4 is 20.3 Å². The van der Waals surface area contributed by atoms with Gasteiger partial charge in [-0.15, -0.1) is 21.5 Å². The van der Waals surface area contributed by atoms with Gasteiger partial charge in [-0.25, -0.2) is 4.98 Å². The molecule has 0 aliphatic carbocycles. The number of phenolic OH excluding ortho intramolecular Hbond substituents is 1. The zero-order valence-electron chi connectivity index (χ0n) is 37.1. The molecule has 17 heteroatoms. The number of carbonyl (C=O) groups is 2. The number of carbonyl (C=O) groups excluding carboxylic acids is 2. The van der Waals surface area contributed by atoms with Crippen LogP contribution in [0, 0.1) is 12.8 Å². The Morgan fingerprint density at radius 3 is 2.58 bits per heavy atom. The summed E-state index contributed by atoms with van der Waals surface area (Å²) in [4.78, 5) is 42.5. The number of para-hydroxylation sites is 1. The minimum absolute atomic E-state index is 0.0564. The monoisotopic (exact) mass is 890 g/mol. The fourth-order valence-electron chi connectivity index (χ4n) is 9.94. The lowest BCUT2D eigenvalue weighted by molar-refractivity contribution is -0.141. The summed E-state index contributed by atoms with van der Waals surface area (Å²) in [5, 5.41) is 40.8. The Balaban J connectivity index is 0.773. The molecule has 9 rings (SSSR count). The van der Waals surface area contributed by atoms with E-state index in [1.54, 1.807) is 29.5 Å². The van der Waals surface area contributed by atoms with Crippen LogP contribution >= 0.6 is 11.3 Å². The SMILES string of the molecule is Cc1ncsc1-c1ccc([C@H](C)NC(=O)[C@@H]2C[C@@H](O)CN2C(=O)[C@@H](c2cc(O[C@H](C)CN3CC[C@@H](N4CCN5c6cc(-c7ccccc7O)nnc6NC[C@H]5C4)C3)no2)C(C)C)cc1. The van der Waals surface area contributed by atoms with E-state index in [-0.39, 0.29) is 54.6 Å². The van der Waals surface area contributed by atoms with Gasteiger partial charge in [0.1, 0.15) is 23.8 Å². The largest absolute Gasteiger partial charge is 0.507 e. The molecule has 0 saturated carbocycles. The summed E-state index contributed by atoms with van der Waals surface area (Å²) in [6.07, 6.45) is 0.218. The number of ether oxygens (including phenoxy) is 1. The van der Waals surface area contributed by atoms with Crippen LogP contribution in [0.2, 0.25) is 0 Å². The molecule has 3 fully saturated rings. The van der Waals surface area contributed by atoms with Crippen LogP contribution in [0.25, 0.3) is 21.7 Å². The number of amides is 2. The number of nitrogens with zero attached hydrogens (tertiary/aromatic N) is 8. The first kappa shape index (κ1) is 43.6. The van der Waals surface area contributed by atoms with E-state index in [4.69, 9.17) is 9.26 Å². The average molecular weight is 891 g/mol. The molecular formula is C47H58N10O6S. The predicted octanol–water partition coefficient (Wildman–Crippen LogP) is 5.31. The standard InChI is InChI=1S/C47H58N10O6S/c1-27(2)43(47(61)57-25-35(58)18-39(57)46(60)50-29(4)31-10-12-32(13-11-31)44-30(5)49-26-64-44)41-20-42(53-63-41)62-28(3)22-54-15-14-33(23-54)55-16-17-56-34(24-55)21-48-45-38(56)19-37(51-52-45)36-8-6-7-9-40(36)59/h6-13,19-20,26-29,33-35,39,43,58-59H,14-18,21-25H2,1-5H3,(H,48,52)(H,50,60)/t28-,29+,33-,34+,35-,39+,43-/m1/s1. The van der Waals surface area contributed by atoms with Crippen molar-refractivity contribution >= 4 is 34.7 Å². The van der Waals surface area contributed by atoms with Gasteiger partial charge in [-0.2, -0.15) is 0 Å². The third-order valence-corrected chi connectivity index (χ3v) is 14.2. The number of anilines is 2. The van der Waals surface area contributed by atoms with E-state index < -0.39 is 18.1 Å². The van der Waals surface area contributed by atoms with Crippen LogP contribution in [-0.2, 0) is 9.59 Å². The normalized spacial score (nSPS) is 22.7. The summed E-state index contributed by atoms with van der Waals surface area (Å²) in [6.45, 7) is 16.0.